The predicted octanol–water partition coefficient (Wildman–Crippen LogP) is 7.68. The van der Waals surface area contributed by atoms with Gasteiger partial charge in [0.2, 0.25) is 17.2 Å². The molecule has 388 valence electrons. The van der Waals surface area contributed by atoms with Crippen LogP contribution in [-0.2, 0) is 9.59 Å². The van der Waals surface area contributed by atoms with Crippen molar-refractivity contribution in [1.29, 1.82) is 0 Å². The highest BCUT2D eigenvalue weighted by molar-refractivity contribution is 7.05. The molecule has 0 unspecified atom stereocenters. The Hall–Kier alpha value is -6.30. The molecule has 22 nitrogen and oxygen atoms in total. The van der Waals surface area contributed by atoms with Crippen LogP contribution in [0.15, 0.2) is 57.3 Å². The highest BCUT2D eigenvalue weighted by Crippen LogP contribution is 2.15. The number of aromatic hydroxyl groups is 1. The van der Waals surface area contributed by atoms with E-state index in [9.17, 15) is 28.8 Å². The molecule has 0 spiro atoms. The number of aromatic nitrogens is 10. The Morgan fingerprint density at radius 2 is 1.28 bits per heavy atom. The number of tetrazole rings is 1. The Kier molecular flexibility index (Phi) is 32.8. The maximum atomic E-state index is 11.1. The van der Waals surface area contributed by atoms with Crippen LogP contribution in [0.2, 0.25) is 0 Å². The van der Waals surface area contributed by atoms with Gasteiger partial charge < -0.3 is 24.7 Å². The Bertz CT molecular complexity index is 2410. The summed E-state index contributed by atoms with van der Waals surface area (Å²) < 4.78 is 23.0. The highest BCUT2D eigenvalue weighted by Gasteiger charge is 2.09. The first-order valence-electron chi connectivity index (χ1n) is 22.3. The molecule has 0 saturated heterocycles. The molecule has 0 radical (unpaired) electrons. The quantitative estimate of drug-likeness (QED) is 0.0768. The number of H-pyrrole nitrogens is 4. The number of amides is 2. The maximum Gasteiger partial charge on any atom is 0.438 e. The lowest BCUT2D eigenvalue weighted by Gasteiger charge is -2.01. The number of carbonyl (C=O) groups excluding carboxylic acids is 2. The first kappa shape index (κ1) is 64.8. The van der Waals surface area contributed by atoms with Crippen LogP contribution < -0.4 is 32.9 Å². The first-order chi connectivity index (χ1) is 32.1. The molecule has 0 aliphatic rings. The summed E-state index contributed by atoms with van der Waals surface area (Å²) in [5.41, 5.74) is 1.73. The van der Waals surface area contributed by atoms with Crippen LogP contribution in [0.5, 0.6) is 5.75 Å². The van der Waals surface area contributed by atoms with E-state index in [1.807, 2.05) is 96.1 Å². The largest absolute Gasteiger partial charge is 0.502 e. The molecule has 6 aromatic rings. The number of hydrogen-bond donors (Lipinski definition) is 7. The zero-order valence-corrected chi connectivity index (χ0v) is 45.2. The maximum absolute atomic E-state index is 11.1. The van der Waals surface area contributed by atoms with Crippen LogP contribution in [0.25, 0.3) is 0 Å². The zero-order chi connectivity index (χ0) is 53.6. The second-order valence-electron chi connectivity index (χ2n) is 17.2. The fourth-order valence-electron chi connectivity index (χ4n) is 4.12. The zero-order valence-electron chi connectivity index (χ0n) is 43.5. The van der Waals surface area contributed by atoms with Crippen LogP contribution >= 0.6 is 23.3 Å². The summed E-state index contributed by atoms with van der Waals surface area (Å²) in [7, 11) is 3.28. The van der Waals surface area contributed by atoms with Crippen molar-refractivity contribution in [2.24, 2.45) is 11.8 Å². The molecule has 0 aliphatic carbocycles. The molecule has 69 heavy (non-hydrogen) atoms. The van der Waals surface area contributed by atoms with E-state index in [1.54, 1.807) is 20.2 Å². The molecule has 0 fully saturated rings. The van der Waals surface area contributed by atoms with Crippen molar-refractivity contribution < 1.29 is 28.2 Å². The Balaban J connectivity index is 0. The lowest BCUT2D eigenvalue weighted by atomic mass is 10.1. The fraction of sp³-hybridized carbons (Fsp3) is 0.600. The van der Waals surface area contributed by atoms with E-state index in [0.29, 0.717) is 34.8 Å². The van der Waals surface area contributed by atoms with Crippen LogP contribution in [0.1, 0.15) is 186 Å². The Morgan fingerprint density at radius 1 is 0.696 bits per heavy atom. The molecule has 2 amide bonds. The summed E-state index contributed by atoms with van der Waals surface area (Å²) in [6.07, 6.45) is 2.40. The third-order valence-corrected chi connectivity index (χ3v) is 10.00. The SMILES string of the molecule is CC(C)c1cc(=O)[nH]s1.CC(C)c1cocc(O)c1=O.CC(C)c1nn[nH]n1.CC(C)c1noc(=O)[nH]1.CC(C)c1ns[nH]c1=O.CNC(=O)C(C)C.CNC(=O)C(C)C.Cc1cc(C(C)C)on1. The van der Waals surface area contributed by atoms with Crippen molar-refractivity contribution in [3.05, 3.63) is 105 Å². The second kappa shape index (κ2) is 34.9. The summed E-state index contributed by atoms with van der Waals surface area (Å²) in [6.45, 7) is 33.2. The van der Waals surface area contributed by atoms with Gasteiger partial charge in [0.25, 0.3) is 11.1 Å². The molecule has 0 atom stereocenters. The second-order valence-corrected chi connectivity index (χ2v) is 18.7. The molecule has 0 saturated carbocycles. The van der Waals surface area contributed by atoms with E-state index >= 15 is 0 Å². The van der Waals surface area contributed by atoms with E-state index in [1.165, 1.54) is 17.8 Å². The summed E-state index contributed by atoms with van der Waals surface area (Å²) in [5, 5.41) is 34.6. The van der Waals surface area contributed by atoms with Crippen molar-refractivity contribution in [1.82, 2.24) is 59.7 Å². The van der Waals surface area contributed by atoms with E-state index in [4.69, 9.17) is 14.0 Å². The van der Waals surface area contributed by atoms with Crippen LogP contribution in [0.4, 0.5) is 0 Å². The molecule has 6 aromatic heterocycles. The molecular weight excluding hydrogens is 933 g/mol. The number of hydrogen-bond acceptors (Lipinski definition) is 18. The van der Waals surface area contributed by atoms with Crippen LogP contribution in [-0.4, -0.2) is 80.1 Å². The molecule has 6 heterocycles. The van der Waals surface area contributed by atoms with Crippen molar-refractivity contribution in [3.63, 3.8) is 0 Å². The average molecular weight is 1010 g/mol. The number of carbonyl (C=O) groups is 2. The summed E-state index contributed by atoms with van der Waals surface area (Å²) in [6, 6.07) is 3.61. The monoisotopic (exact) mass is 1010 g/mol. The fourth-order valence-corrected chi connectivity index (χ4v) is 5.42. The number of aromatic amines is 4. The van der Waals surface area contributed by atoms with Gasteiger partial charge in [0.15, 0.2) is 17.4 Å². The number of rotatable bonds is 8. The van der Waals surface area contributed by atoms with Gasteiger partial charge in [0.05, 0.1) is 12.0 Å². The van der Waals surface area contributed by atoms with Crippen molar-refractivity contribution in [2.75, 3.05) is 14.1 Å². The van der Waals surface area contributed by atoms with Gasteiger partial charge in [-0.2, -0.15) is 9.59 Å². The van der Waals surface area contributed by atoms with Crippen molar-refractivity contribution in [2.45, 2.75) is 153 Å². The van der Waals surface area contributed by atoms with Crippen LogP contribution in [0, 0.1) is 18.8 Å². The van der Waals surface area contributed by atoms with Gasteiger partial charge in [-0.3, -0.25) is 42.2 Å². The lowest BCUT2D eigenvalue weighted by molar-refractivity contribution is -0.124. The minimum atomic E-state index is -0.487. The molecule has 6 rings (SSSR count). The van der Waals surface area contributed by atoms with Gasteiger partial charge in [-0.25, -0.2) is 4.79 Å². The molecule has 24 heteroatoms. The topological polar surface area (TPSA) is 327 Å². The molecule has 0 aliphatic heterocycles. The number of nitrogens with zero attached hydrogens (tertiary/aromatic N) is 6. The summed E-state index contributed by atoms with van der Waals surface area (Å²) >= 11 is 2.53. The molecule has 0 aromatic carbocycles. The Morgan fingerprint density at radius 3 is 1.49 bits per heavy atom. The standard InChI is InChI=1S/C8H10O3.C7H11NO.C6H9NOS.C5H8N2O2.C5H8N2OS.2C5H11NO.C4H8N4/c1-5(2)6-3-11-4-7(9)8(6)10;1-5(2)7-4-6(3)8-9-7;1-4(2)5-3-6(8)7-9-5;1-3(2)4-6-5(8)9-7-4;1-3(2)4-5(8)7-9-6-4;2*1-4(2)5(7)6-3;1-3(2)4-5-7-8-6-4/h3-5,9H,1-2H3;4-5H,1-3H3;3-4H,1-2H3,(H,7,8);3H,1-2H3,(H,6,7,8);3H,1-2H3,(H,7,8);2*4H,1-3H3,(H,6,7);3H,1-2H3,(H,5,6,7,8). The average Bonchev–Trinajstić information content (AvgIpc) is 4.15. The predicted molar refractivity (Wildman–Crippen MR) is 269 cm³/mol. The molecule has 7 N–H and O–H groups in total. The normalized spacial score (nSPS) is 10.2. The summed E-state index contributed by atoms with van der Waals surface area (Å²) in [5.74, 6) is 3.77. The summed E-state index contributed by atoms with van der Waals surface area (Å²) in [4.78, 5) is 67.1. The van der Waals surface area contributed by atoms with E-state index < -0.39 is 5.76 Å². The molecular formula is C45H76N12O10S2. The van der Waals surface area contributed by atoms with Gasteiger partial charge >= 0.3 is 5.76 Å². The lowest BCUT2D eigenvalue weighted by Crippen LogP contribution is -2.22. The van der Waals surface area contributed by atoms with Gasteiger partial charge in [-0.05, 0) is 18.8 Å². The van der Waals surface area contributed by atoms with E-state index in [2.05, 4.69) is 91.9 Å². The third kappa shape index (κ3) is 28.6. The Labute approximate surface area is 411 Å². The van der Waals surface area contributed by atoms with Crippen molar-refractivity contribution >= 4 is 35.1 Å². The minimum Gasteiger partial charge on any atom is -0.502 e. The highest BCUT2D eigenvalue weighted by atomic mass is 32.1. The van der Waals surface area contributed by atoms with Crippen LogP contribution in [0.3, 0.4) is 0 Å². The van der Waals surface area contributed by atoms with Gasteiger partial charge in [-0.15, -0.1) is 10.2 Å². The van der Waals surface area contributed by atoms with Gasteiger partial charge in [-0.1, -0.05) is 138 Å². The smallest absolute Gasteiger partial charge is 0.438 e. The first-order valence-corrected chi connectivity index (χ1v) is 23.9. The third-order valence-electron chi connectivity index (χ3n) is 8.30. The minimum absolute atomic E-state index is 0.0173. The van der Waals surface area contributed by atoms with Gasteiger partial charge in [0.1, 0.15) is 17.7 Å². The number of nitrogens with one attached hydrogen (secondary N) is 6. The van der Waals surface area contributed by atoms with Gasteiger partial charge in [0, 0.05) is 83.9 Å². The van der Waals surface area contributed by atoms with Crippen molar-refractivity contribution in [3.8, 4) is 5.75 Å². The van der Waals surface area contributed by atoms with E-state index in [0.717, 1.165) is 40.1 Å². The van der Waals surface area contributed by atoms with E-state index in [-0.39, 0.29) is 63.7 Å². The number of aryl methyl sites for hydroxylation is 1. The molecule has 0 bridgehead atoms.